The van der Waals surface area contributed by atoms with Crippen LogP contribution in [-0.2, 0) is 6.61 Å². The van der Waals surface area contributed by atoms with Crippen molar-refractivity contribution in [2.24, 2.45) is 0 Å². The molecule has 0 aromatic heterocycles. The van der Waals surface area contributed by atoms with E-state index in [2.05, 4.69) is 18.2 Å². The van der Waals surface area contributed by atoms with Crippen LogP contribution < -0.4 is 9.47 Å². The number of carboxylic acid groups (broad SMARTS) is 1. The van der Waals surface area contributed by atoms with Crippen LogP contribution in [0.2, 0.25) is 5.02 Å². The molecule has 34 heavy (non-hydrogen) atoms. The highest BCUT2D eigenvalue weighted by Gasteiger charge is 2.14. The van der Waals surface area contributed by atoms with Gasteiger partial charge < -0.3 is 14.6 Å². The highest BCUT2D eigenvalue weighted by Crippen LogP contribution is 2.38. The number of nitrogens with zero attached hydrogens (tertiary/aromatic N) is 1. The van der Waals surface area contributed by atoms with Crippen LogP contribution in [0, 0.1) is 11.3 Å². The minimum atomic E-state index is -1.02. The van der Waals surface area contributed by atoms with E-state index in [0.717, 1.165) is 16.3 Å². The number of benzene rings is 4. The molecule has 0 heterocycles. The van der Waals surface area contributed by atoms with Crippen LogP contribution in [0.5, 0.6) is 11.5 Å². The van der Waals surface area contributed by atoms with Crippen molar-refractivity contribution < 1.29 is 19.4 Å². The second kappa shape index (κ2) is 10.1. The van der Waals surface area contributed by atoms with Crippen molar-refractivity contribution >= 4 is 40.0 Å². The van der Waals surface area contributed by atoms with Gasteiger partial charge in [-0.05, 0) is 57.8 Å². The normalized spacial score (nSPS) is 11.1. The monoisotopic (exact) mass is 469 g/mol. The first-order valence-corrected chi connectivity index (χ1v) is 10.8. The quantitative estimate of drug-likeness (QED) is 0.236. The maximum absolute atomic E-state index is 11.1. The lowest BCUT2D eigenvalue weighted by molar-refractivity contribution is 0.0697. The predicted molar refractivity (Wildman–Crippen MR) is 133 cm³/mol. The zero-order chi connectivity index (χ0) is 24.1. The summed E-state index contributed by atoms with van der Waals surface area (Å²) in [4.78, 5) is 11.1. The van der Waals surface area contributed by atoms with Gasteiger partial charge in [-0.15, -0.1) is 0 Å². The van der Waals surface area contributed by atoms with Crippen LogP contribution in [0.25, 0.3) is 22.4 Å². The Balaban J connectivity index is 1.62. The second-order valence-electron chi connectivity index (χ2n) is 7.51. The average molecular weight is 470 g/mol. The van der Waals surface area contributed by atoms with Crippen LogP contribution in [0.3, 0.4) is 0 Å². The standard InChI is InChI=1S/C28H20ClNO4/c1-33-26-15-18(13-23(16-30)19-9-11-21(12-10-19)28(31)32)14-25(29)27(26)34-17-22-7-4-6-20-5-2-3-8-24(20)22/h2-15H,17H2,1H3,(H,31,32)/b23-13-. The van der Waals surface area contributed by atoms with Gasteiger partial charge in [0, 0.05) is 0 Å². The summed E-state index contributed by atoms with van der Waals surface area (Å²) in [7, 11) is 1.53. The topological polar surface area (TPSA) is 79.5 Å². The van der Waals surface area contributed by atoms with Gasteiger partial charge in [-0.25, -0.2) is 4.79 Å². The summed E-state index contributed by atoms with van der Waals surface area (Å²) in [6, 6.07) is 25.8. The molecule has 4 rings (SSSR count). The number of fused-ring (bicyclic) bond motifs is 1. The average Bonchev–Trinajstić information content (AvgIpc) is 2.86. The summed E-state index contributed by atoms with van der Waals surface area (Å²) in [5.74, 6) is -0.166. The van der Waals surface area contributed by atoms with Gasteiger partial charge in [0.25, 0.3) is 0 Å². The Labute approximate surface area is 202 Å². The van der Waals surface area contributed by atoms with Crippen molar-refractivity contribution in [3.63, 3.8) is 0 Å². The van der Waals surface area contributed by atoms with Crippen molar-refractivity contribution in [1.82, 2.24) is 0 Å². The Bertz CT molecular complexity index is 1430. The highest BCUT2D eigenvalue weighted by atomic mass is 35.5. The summed E-state index contributed by atoms with van der Waals surface area (Å²) in [6.07, 6.45) is 1.67. The number of hydrogen-bond donors (Lipinski definition) is 1. The number of ether oxygens (including phenoxy) is 2. The van der Waals surface area contributed by atoms with Crippen LogP contribution in [0.15, 0.2) is 78.9 Å². The minimum absolute atomic E-state index is 0.151. The van der Waals surface area contributed by atoms with Gasteiger partial charge in [0.2, 0.25) is 0 Å². The van der Waals surface area contributed by atoms with E-state index < -0.39 is 5.97 Å². The molecule has 168 valence electrons. The van der Waals surface area contributed by atoms with Crippen LogP contribution in [0.1, 0.15) is 27.0 Å². The van der Waals surface area contributed by atoms with Crippen molar-refractivity contribution in [1.29, 1.82) is 5.26 Å². The molecule has 0 saturated carbocycles. The van der Waals surface area contributed by atoms with E-state index in [0.29, 0.717) is 39.8 Å². The molecule has 0 bridgehead atoms. The molecule has 4 aromatic carbocycles. The third kappa shape index (κ3) is 4.88. The van der Waals surface area contributed by atoms with Crippen LogP contribution in [0.4, 0.5) is 0 Å². The number of aromatic carboxylic acids is 1. The fourth-order valence-corrected chi connectivity index (χ4v) is 3.94. The van der Waals surface area contributed by atoms with E-state index in [4.69, 9.17) is 26.2 Å². The summed E-state index contributed by atoms with van der Waals surface area (Å²) < 4.78 is 11.6. The maximum Gasteiger partial charge on any atom is 0.335 e. The van der Waals surface area contributed by atoms with E-state index in [1.807, 2.05) is 30.3 Å². The molecule has 0 aliphatic carbocycles. The number of carboxylic acids is 1. The highest BCUT2D eigenvalue weighted by molar-refractivity contribution is 6.32. The number of rotatable bonds is 7. The fourth-order valence-electron chi connectivity index (χ4n) is 3.67. The number of methoxy groups -OCH3 is 1. The van der Waals surface area contributed by atoms with Crippen molar-refractivity contribution in [3.05, 3.63) is 106 Å². The molecular formula is C28H20ClNO4. The van der Waals surface area contributed by atoms with E-state index in [-0.39, 0.29) is 5.56 Å². The first kappa shape index (κ1) is 22.9. The predicted octanol–water partition coefficient (Wildman–Crippen LogP) is 6.84. The van der Waals surface area contributed by atoms with Crippen LogP contribution in [-0.4, -0.2) is 18.2 Å². The van der Waals surface area contributed by atoms with Gasteiger partial charge in [-0.1, -0.05) is 66.2 Å². The molecule has 1 N–H and O–H groups in total. The largest absolute Gasteiger partial charge is 0.493 e. The molecule has 6 heteroatoms. The van der Waals surface area contributed by atoms with Crippen molar-refractivity contribution in [2.45, 2.75) is 6.61 Å². The fraction of sp³-hybridized carbons (Fsp3) is 0.0714. The Morgan fingerprint density at radius 3 is 2.44 bits per heavy atom. The summed E-state index contributed by atoms with van der Waals surface area (Å²) in [5.41, 5.74) is 2.78. The van der Waals surface area contributed by atoms with E-state index in [1.165, 1.54) is 19.2 Å². The lowest BCUT2D eigenvalue weighted by Crippen LogP contribution is -2.00. The number of halogens is 1. The van der Waals surface area contributed by atoms with Gasteiger partial charge in [-0.2, -0.15) is 5.26 Å². The molecule has 0 aliphatic rings. The Morgan fingerprint density at radius 2 is 1.74 bits per heavy atom. The zero-order valence-electron chi connectivity index (χ0n) is 18.3. The Morgan fingerprint density at radius 1 is 1.03 bits per heavy atom. The molecule has 5 nitrogen and oxygen atoms in total. The first-order chi connectivity index (χ1) is 16.5. The van der Waals surface area contributed by atoms with Crippen molar-refractivity contribution in [3.8, 4) is 17.6 Å². The smallest absolute Gasteiger partial charge is 0.335 e. The van der Waals surface area contributed by atoms with Crippen molar-refractivity contribution in [2.75, 3.05) is 7.11 Å². The summed E-state index contributed by atoms with van der Waals surface area (Å²) in [6.45, 7) is 0.311. The van der Waals surface area contributed by atoms with Gasteiger partial charge in [0.1, 0.15) is 6.61 Å². The number of allylic oxidation sites excluding steroid dienone is 1. The number of hydrogen-bond acceptors (Lipinski definition) is 4. The van der Waals surface area contributed by atoms with Gasteiger partial charge in [0.05, 0.1) is 29.3 Å². The SMILES string of the molecule is COc1cc(/C=C(/C#N)c2ccc(C(=O)O)cc2)cc(Cl)c1OCc1cccc2ccccc12. The second-order valence-corrected chi connectivity index (χ2v) is 7.92. The lowest BCUT2D eigenvalue weighted by atomic mass is 10.0. The molecule has 0 spiro atoms. The Hall–Kier alpha value is -4.27. The molecule has 0 amide bonds. The lowest BCUT2D eigenvalue weighted by Gasteiger charge is -2.14. The molecule has 0 fully saturated rings. The summed E-state index contributed by atoms with van der Waals surface area (Å²) >= 11 is 6.54. The molecule has 0 unspecified atom stereocenters. The van der Waals surface area contributed by atoms with E-state index >= 15 is 0 Å². The van der Waals surface area contributed by atoms with E-state index in [9.17, 15) is 10.1 Å². The van der Waals surface area contributed by atoms with E-state index in [1.54, 1.807) is 30.3 Å². The third-order valence-corrected chi connectivity index (χ3v) is 5.66. The molecular weight excluding hydrogens is 450 g/mol. The van der Waals surface area contributed by atoms with Crippen LogP contribution >= 0.6 is 11.6 Å². The van der Waals surface area contributed by atoms with Gasteiger partial charge in [-0.3, -0.25) is 0 Å². The third-order valence-electron chi connectivity index (χ3n) is 5.38. The molecule has 0 aliphatic heterocycles. The molecule has 4 aromatic rings. The molecule has 0 saturated heterocycles. The zero-order valence-corrected chi connectivity index (χ0v) is 19.0. The number of nitriles is 1. The van der Waals surface area contributed by atoms with Gasteiger partial charge >= 0.3 is 5.97 Å². The van der Waals surface area contributed by atoms with Gasteiger partial charge in [0.15, 0.2) is 11.5 Å². The number of carbonyl (C=O) groups is 1. The molecule has 0 radical (unpaired) electrons. The molecule has 0 atom stereocenters. The first-order valence-electron chi connectivity index (χ1n) is 10.4. The minimum Gasteiger partial charge on any atom is -0.493 e. The maximum atomic E-state index is 11.1. The summed E-state index contributed by atoms with van der Waals surface area (Å²) in [5, 5.41) is 21.3. The Kier molecular flexibility index (Phi) is 6.82.